The van der Waals surface area contributed by atoms with Crippen molar-refractivity contribution in [2.45, 2.75) is 0 Å². The Morgan fingerprint density at radius 3 is 2.64 bits per heavy atom. The molecule has 76 valence electrons. The summed E-state index contributed by atoms with van der Waals surface area (Å²) in [6.45, 7) is 0.297. The second-order valence-corrected chi connectivity index (χ2v) is 3.10. The smallest absolute Gasteiger partial charge is 0.187 e. The fourth-order valence-corrected chi connectivity index (χ4v) is 1.14. The zero-order chi connectivity index (χ0) is 10.4. The lowest BCUT2D eigenvalue weighted by Gasteiger charge is -2.18. The van der Waals surface area contributed by atoms with Gasteiger partial charge in [0, 0.05) is 5.69 Å². The Kier molecular flexibility index (Phi) is 4.31. The second kappa shape index (κ2) is 5.54. The molecule has 1 aromatic carbocycles. The molecule has 0 aliphatic heterocycles. The average molecular weight is 211 g/mol. The molecular weight excluding hydrogens is 198 g/mol. The SMILES string of the molecule is NN(CCO)C(=S)Nc1ccccc1. The first kappa shape index (κ1) is 10.9. The van der Waals surface area contributed by atoms with Crippen LogP contribution in [-0.2, 0) is 0 Å². The number of aliphatic hydroxyl groups is 1. The molecular formula is C9H13N3OS. The van der Waals surface area contributed by atoms with Crippen molar-refractivity contribution < 1.29 is 5.11 Å². The van der Waals surface area contributed by atoms with Crippen LogP contribution in [0.3, 0.4) is 0 Å². The highest BCUT2D eigenvalue weighted by Crippen LogP contribution is 2.05. The molecule has 0 spiro atoms. The summed E-state index contributed by atoms with van der Waals surface area (Å²) in [6, 6.07) is 9.50. The number of nitrogens with zero attached hydrogens (tertiary/aromatic N) is 1. The molecule has 0 saturated heterocycles. The average Bonchev–Trinajstić information content (AvgIpc) is 2.19. The van der Waals surface area contributed by atoms with Crippen LogP contribution in [0.25, 0.3) is 0 Å². The van der Waals surface area contributed by atoms with Gasteiger partial charge in [-0.15, -0.1) is 0 Å². The number of thiocarbonyl (C=S) groups is 1. The second-order valence-electron chi connectivity index (χ2n) is 2.71. The number of aliphatic hydroxyl groups excluding tert-OH is 1. The number of hydrazine groups is 1. The maximum atomic E-state index is 8.64. The van der Waals surface area contributed by atoms with Crippen LogP contribution in [0.2, 0.25) is 0 Å². The molecule has 0 unspecified atom stereocenters. The number of hydrogen-bond acceptors (Lipinski definition) is 3. The normalized spacial score (nSPS) is 9.57. The Hall–Kier alpha value is -1.17. The largest absolute Gasteiger partial charge is 0.394 e. The van der Waals surface area contributed by atoms with Gasteiger partial charge in [0.25, 0.3) is 0 Å². The molecule has 14 heavy (non-hydrogen) atoms. The molecule has 4 N–H and O–H groups in total. The highest BCUT2D eigenvalue weighted by Gasteiger charge is 2.03. The molecule has 0 heterocycles. The fourth-order valence-electron chi connectivity index (χ4n) is 0.926. The number of nitrogens with one attached hydrogen (secondary N) is 1. The van der Waals surface area contributed by atoms with Crippen LogP contribution in [-0.4, -0.2) is 28.4 Å². The maximum absolute atomic E-state index is 8.64. The lowest BCUT2D eigenvalue weighted by atomic mass is 10.3. The first-order valence-corrected chi connectivity index (χ1v) is 4.64. The standard InChI is InChI=1S/C9H13N3OS/c10-12(6-7-13)9(14)11-8-4-2-1-3-5-8/h1-5,13H,6-7,10H2,(H,11,14). The number of rotatable bonds is 3. The van der Waals surface area contributed by atoms with Gasteiger partial charge in [-0.25, -0.2) is 5.84 Å². The van der Waals surface area contributed by atoms with Gasteiger partial charge in [0.15, 0.2) is 5.11 Å². The quantitative estimate of drug-likeness (QED) is 0.387. The van der Waals surface area contributed by atoms with E-state index in [9.17, 15) is 0 Å². The van der Waals surface area contributed by atoms with Crippen LogP contribution >= 0.6 is 12.2 Å². The van der Waals surface area contributed by atoms with E-state index in [0.717, 1.165) is 5.69 Å². The van der Waals surface area contributed by atoms with Crippen LogP contribution in [0, 0.1) is 0 Å². The van der Waals surface area contributed by atoms with Crippen molar-refractivity contribution >= 4 is 23.0 Å². The molecule has 0 aliphatic carbocycles. The van der Waals surface area contributed by atoms with Gasteiger partial charge in [-0.3, -0.25) is 5.01 Å². The highest BCUT2D eigenvalue weighted by molar-refractivity contribution is 7.80. The Labute approximate surface area is 88.3 Å². The summed E-state index contributed by atoms with van der Waals surface area (Å²) in [7, 11) is 0. The molecule has 0 atom stereocenters. The van der Waals surface area contributed by atoms with E-state index in [4.69, 9.17) is 23.2 Å². The molecule has 4 nitrogen and oxygen atoms in total. The van der Waals surface area contributed by atoms with Crippen LogP contribution < -0.4 is 11.2 Å². The summed E-state index contributed by atoms with van der Waals surface area (Å²) < 4.78 is 0. The first-order valence-electron chi connectivity index (χ1n) is 4.23. The lowest BCUT2D eigenvalue weighted by molar-refractivity contribution is 0.253. The minimum Gasteiger partial charge on any atom is -0.394 e. The van der Waals surface area contributed by atoms with E-state index in [2.05, 4.69) is 5.32 Å². The molecule has 1 rings (SSSR count). The Morgan fingerprint density at radius 2 is 2.07 bits per heavy atom. The number of para-hydroxylation sites is 1. The van der Waals surface area contributed by atoms with Crippen molar-refractivity contribution in [1.82, 2.24) is 5.01 Å². The Bertz CT molecular complexity index is 291. The van der Waals surface area contributed by atoms with Crippen molar-refractivity contribution in [1.29, 1.82) is 0 Å². The van der Waals surface area contributed by atoms with Crippen molar-refractivity contribution in [3.05, 3.63) is 30.3 Å². The van der Waals surface area contributed by atoms with E-state index >= 15 is 0 Å². The summed E-state index contributed by atoms with van der Waals surface area (Å²) in [5.41, 5.74) is 0.880. The van der Waals surface area contributed by atoms with Crippen LogP contribution in [0.5, 0.6) is 0 Å². The summed E-state index contributed by atoms with van der Waals surface area (Å²) >= 11 is 5.00. The van der Waals surface area contributed by atoms with Crippen molar-refractivity contribution in [2.75, 3.05) is 18.5 Å². The summed E-state index contributed by atoms with van der Waals surface area (Å²) in [4.78, 5) is 0. The number of hydrogen-bond donors (Lipinski definition) is 3. The van der Waals surface area contributed by atoms with E-state index in [0.29, 0.717) is 11.7 Å². The summed E-state index contributed by atoms with van der Waals surface area (Å²) in [5.74, 6) is 5.55. The van der Waals surface area contributed by atoms with E-state index in [-0.39, 0.29) is 6.61 Å². The van der Waals surface area contributed by atoms with E-state index < -0.39 is 0 Å². The number of nitrogens with two attached hydrogens (primary N) is 1. The van der Waals surface area contributed by atoms with E-state index in [1.165, 1.54) is 5.01 Å². The Morgan fingerprint density at radius 1 is 1.43 bits per heavy atom. The molecule has 0 radical (unpaired) electrons. The predicted octanol–water partition coefficient (Wildman–Crippen LogP) is 0.551. The molecule has 0 aromatic heterocycles. The number of benzene rings is 1. The van der Waals surface area contributed by atoms with Crippen LogP contribution in [0.1, 0.15) is 0 Å². The van der Waals surface area contributed by atoms with E-state index in [1.54, 1.807) is 0 Å². The van der Waals surface area contributed by atoms with E-state index in [1.807, 2.05) is 30.3 Å². The topological polar surface area (TPSA) is 61.5 Å². The van der Waals surface area contributed by atoms with Gasteiger partial charge in [-0.1, -0.05) is 18.2 Å². The van der Waals surface area contributed by atoms with Gasteiger partial charge in [0.1, 0.15) is 0 Å². The molecule has 0 aliphatic rings. The van der Waals surface area contributed by atoms with Crippen LogP contribution in [0.4, 0.5) is 5.69 Å². The maximum Gasteiger partial charge on any atom is 0.187 e. The first-order chi connectivity index (χ1) is 6.74. The summed E-state index contributed by atoms with van der Waals surface area (Å²) in [5, 5.41) is 13.3. The number of anilines is 1. The fraction of sp³-hybridized carbons (Fsp3) is 0.222. The van der Waals surface area contributed by atoms with Crippen molar-refractivity contribution in [2.24, 2.45) is 5.84 Å². The highest BCUT2D eigenvalue weighted by atomic mass is 32.1. The van der Waals surface area contributed by atoms with Gasteiger partial charge in [-0.05, 0) is 24.4 Å². The third-order valence-electron chi connectivity index (χ3n) is 1.63. The predicted molar refractivity (Wildman–Crippen MR) is 60.6 cm³/mol. The monoisotopic (exact) mass is 211 g/mol. The van der Waals surface area contributed by atoms with Gasteiger partial charge >= 0.3 is 0 Å². The van der Waals surface area contributed by atoms with Gasteiger partial charge in [0.2, 0.25) is 0 Å². The molecule has 0 bridgehead atoms. The van der Waals surface area contributed by atoms with Crippen molar-refractivity contribution in [3.63, 3.8) is 0 Å². The lowest BCUT2D eigenvalue weighted by Crippen LogP contribution is -2.42. The third-order valence-corrected chi connectivity index (χ3v) is 1.96. The zero-order valence-electron chi connectivity index (χ0n) is 7.68. The minimum absolute atomic E-state index is 0.0207. The third kappa shape index (κ3) is 3.29. The molecule has 0 saturated carbocycles. The molecule has 0 amide bonds. The van der Waals surface area contributed by atoms with Gasteiger partial charge in [-0.2, -0.15) is 0 Å². The molecule has 5 heteroatoms. The van der Waals surface area contributed by atoms with Crippen molar-refractivity contribution in [3.8, 4) is 0 Å². The van der Waals surface area contributed by atoms with Gasteiger partial charge in [0.05, 0.1) is 13.2 Å². The van der Waals surface area contributed by atoms with Crippen LogP contribution in [0.15, 0.2) is 30.3 Å². The molecule has 0 fully saturated rings. The summed E-state index contributed by atoms with van der Waals surface area (Å²) in [6.07, 6.45) is 0. The Balaban J connectivity index is 2.49. The minimum atomic E-state index is -0.0207. The zero-order valence-corrected chi connectivity index (χ0v) is 8.50. The molecule has 1 aromatic rings. The van der Waals surface area contributed by atoms with Gasteiger partial charge < -0.3 is 10.4 Å².